The smallest absolute Gasteiger partial charge is 0.444 e. The number of alkyl carbamates (subject to hydrolysis) is 1. The van der Waals surface area contributed by atoms with Gasteiger partial charge in [0.25, 0.3) is 0 Å². The molecule has 0 aliphatic carbocycles. The first kappa shape index (κ1) is 22.9. The number of aromatic nitrogens is 1. The first-order chi connectivity index (χ1) is 14.8. The van der Waals surface area contributed by atoms with Gasteiger partial charge in [-0.3, -0.25) is 0 Å². The molecule has 2 saturated heterocycles. The molecule has 0 radical (unpaired) electrons. The molecule has 1 amide bonds. The van der Waals surface area contributed by atoms with Crippen molar-refractivity contribution in [1.82, 2.24) is 10.3 Å². The number of carbonyl (C=O) groups is 1. The van der Waals surface area contributed by atoms with E-state index in [0.29, 0.717) is 6.54 Å². The van der Waals surface area contributed by atoms with Crippen molar-refractivity contribution >= 4 is 35.3 Å². The van der Waals surface area contributed by atoms with Gasteiger partial charge in [0.1, 0.15) is 11.4 Å². The molecule has 0 bridgehead atoms. The summed E-state index contributed by atoms with van der Waals surface area (Å²) in [6.07, 6.45) is 2.30. The highest BCUT2D eigenvalue weighted by molar-refractivity contribution is 6.62. The van der Waals surface area contributed by atoms with E-state index in [0.717, 1.165) is 35.0 Å². The van der Waals surface area contributed by atoms with Crippen LogP contribution in [0.3, 0.4) is 0 Å². The van der Waals surface area contributed by atoms with Crippen LogP contribution in [-0.2, 0) is 14.0 Å². The van der Waals surface area contributed by atoms with Gasteiger partial charge in [-0.2, -0.15) is 0 Å². The Morgan fingerprint density at radius 1 is 1.19 bits per heavy atom. The molecule has 2 aromatic rings. The summed E-state index contributed by atoms with van der Waals surface area (Å²) < 4.78 is 17.9. The summed E-state index contributed by atoms with van der Waals surface area (Å²) in [6, 6.07) is 8.31. The van der Waals surface area contributed by atoms with Gasteiger partial charge in [0.15, 0.2) is 0 Å². The Labute approximate surface area is 190 Å². The highest BCUT2D eigenvalue weighted by Gasteiger charge is 2.51. The van der Waals surface area contributed by atoms with Gasteiger partial charge in [-0.15, -0.1) is 0 Å². The van der Waals surface area contributed by atoms with E-state index in [9.17, 15) is 4.79 Å². The molecule has 2 aliphatic heterocycles. The lowest BCUT2D eigenvalue weighted by Gasteiger charge is -2.32. The predicted octanol–water partition coefficient (Wildman–Crippen LogP) is 3.64. The van der Waals surface area contributed by atoms with E-state index in [1.165, 1.54) is 0 Å². The Kier molecular flexibility index (Phi) is 5.66. The molecule has 1 N–H and O–H groups in total. The molecule has 1 atom stereocenters. The number of nitrogens with zero attached hydrogens (tertiary/aromatic N) is 2. The maximum absolute atomic E-state index is 12.2. The molecular formula is C24H34BN3O4. The van der Waals surface area contributed by atoms with Crippen molar-refractivity contribution in [3.8, 4) is 0 Å². The predicted molar refractivity (Wildman–Crippen MR) is 127 cm³/mol. The topological polar surface area (TPSA) is 72.9 Å². The number of anilines is 1. The van der Waals surface area contributed by atoms with Crippen molar-refractivity contribution in [2.45, 2.75) is 77.7 Å². The number of ether oxygens (including phenoxy) is 1. The van der Waals surface area contributed by atoms with Gasteiger partial charge in [-0.05, 0) is 71.8 Å². The summed E-state index contributed by atoms with van der Waals surface area (Å²) in [5, 5.41) is 5.15. The summed E-state index contributed by atoms with van der Waals surface area (Å²) in [4.78, 5) is 19.1. The normalized spacial score (nSPS) is 22.4. The van der Waals surface area contributed by atoms with Gasteiger partial charge in [-0.25, -0.2) is 9.78 Å². The van der Waals surface area contributed by atoms with Gasteiger partial charge >= 0.3 is 13.2 Å². The van der Waals surface area contributed by atoms with E-state index >= 15 is 0 Å². The molecule has 2 aliphatic rings. The fourth-order valence-electron chi connectivity index (χ4n) is 4.09. The molecule has 8 heteroatoms. The zero-order valence-corrected chi connectivity index (χ0v) is 20.2. The van der Waals surface area contributed by atoms with E-state index < -0.39 is 12.7 Å². The van der Waals surface area contributed by atoms with Crippen molar-refractivity contribution in [3.05, 3.63) is 30.5 Å². The average molecular weight is 439 g/mol. The molecule has 7 nitrogen and oxygen atoms in total. The fourth-order valence-corrected chi connectivity index (χ4v) is 4.09. The minimum Gasteiger partial charge on any atom is -0.444 e. The van der Waals surface area contributed by atoms with Gasteiger partial charge < -0.3 is 24.3 Å². The molecule has 0 unspecified atom stereocenters. The van der Waals surface area contributed by atoms with Gasteiger partial charge in [-0.1, -0.05) is 18.2 Å². The number of benzene rings is 1. The standard InChI is InChI=1S/C24H34BN3O4/c1-22(2,3)30-21(29)27-18-11-13-28(15-18)20-19-14-17(9-8-16(19)10-12-26-20)25-31-23(4,5)24(6,7)32-25/h8-10,12,14,18H,11,13,15H2,1-7H3,(H,27,29)/t18-/m1/s1. The van der Waals surface area contributed by atoms with E-state index in [1.54, 1.807) is 0 Å². The molecular weight excluding hydrogens is 405 g/mol. The third-order valence-corrected chi connectivity index (χ3v) is 6.50. The van der Waals surface area contributed by atoms with E-state index in [-0.39, 0.29) is 23.3 Å². The maximum Gasteiger partial charge on any atom is 0.494 e. The minimum absolute atomic E-state index is 0.0215. The zero-order valence-electron chi connectivity index (χ0n) is 20.2. The second kappa shape index (κ2) is 7.92. The largest absolute Gasteiger partial charge is 0.494 e. The lowest BCUT2D eigenvalue weighted by molar-refractivity contribution is 0.00578. The Hall–Kier alpha value is -2.32. The van der Waals surface area contributed by atoms with Crippen LogP contribution in [0.25, 0.3) is 10.8 Å². The molecule has 1 aromatic carbocycles. The van der Waals surface area contributed by atoms with E-state index in [1.807, 2.05) is 33.0 Å². The lowest BCUT2D eigenvalue weighted by atomic mass is 9.78. The highest BCUT2D eigenvalue weighted by atomic mass is 16.7. The second-order valence-corrected chi connectivity index (χ2v) is 10.8. The Balaban J connectivity index is 1.54. The minimum atomic E-state index is -0.510. The molecule has 172 valence electrons. The van der Waals surface area contributed by atoms with Crippen LogP contribution in [0.2, 0.25) is 0 Å². The quantitative estimate of drug-likeness (QED) is 0.737. The van der Waals surface area contributed by atoms with Crippen molar-refractivity contribution in [2.75, 3.05) is 18.0 Å². The molecule has 0 saturated carbocycles. The van der Waals surface area contributed by atoms with Gasteiger partial charge in [0.05, 0.1) is 17.2 Å². The van der Waals surface area contributed by atoms with Crippen LogP contribution >= 0.6 is 0 Å². The molecule has 2 fully saturated rings. The molecule has 4 rings (SSSR count). The third-order valence-electron chi connectivity index (χ3n) is 6.50. The number of nitrogens with one attached hydrogen (secondary N) is 1. The van der Waals surface area contributed by atoms with Crippen LogP contribution < -0.4 is 15.7 Å². The Bertz CT molecular complexity index is 1000. The number of hydrogen-bond acceptors (Lipinski definition) is 6. The number of carbonyl (C=O) groups excluding carboxylic acids is 1. The highest BCUT2D eigenvalue weighted by Crippen LogP contribution is 2.37. The first-order valence-electron chi connectivity index (χ1n) is 11.3. The van der Waals surface area contributed by atoms with Crippen LogP contribution in [-0.4, -0.2) is 54.1 Å². The second-order valence-electron chi connectivity index (χ2n) is 10.8. The van der Waals surface area contributed by atoms with Crippen molar-refractivity contribution in [3.63, 3.8) is 0 Å². The number of pyridine rings is 1. The number of rotatable bonds is 3. The summed E-state index contributed by atoms with van der Waals surface area (Å²) in [5.41, 5.74) is -0.309. The molecule has 1 aromatic heterocycles. The van der Waals surface area contributed by atoms with Crippen LogP contribution in [0.5, 0.6) is 0 Å². The Morgan fingerprint density at radius 3 is 2.53 bits per heavy atom. The monoisotopic (exact) mass is 439 g/mol. The Morgan fingerprint density at radius 2 is 1.88 bits per heavy atom. The van der Waals surface area contributed by atoms with E-state index in [2.05, 4.69) is 61.1 Å². The first-order valence-corrected chi connectivity index (χ1v) is 11.3. The van der Waals surface area contributed by atoms with Crippen LogP contribution in [0.15, 0.2) is 30.5 Å². The lowest BCUT2D eigenvalue weighted by Crippen LogP contribution is -2.41. The fraction of sp³-hybridized carbons (Fsp3) is 0.583. The molecule has 32 heavy (non-hydrogen) atoms. The summed E-state index contributed by atoms with van der Waals surface area (Å²) in [5.74, 6) is 0.911. The van der Waals surface area contributed by atoms with Gasteiger partial charge in [0.2, 0.25) is 0 Å². The molecule has 3 heterocycles. The third kappa shape index (κ3) is 4.57. The summed E-state index contributed by atoms with van der Waals surface area (Å²) >= 11 is 0. The van der Waals surface area contributed by atoms with Crippen molar-refractivity contribution in [2.24, 2.45) is 0 Å². The van der Waals surface area contributed by atoms with Crippen molar-refractivity contribution < 1.29 is 18.8 Å². The maximum atomic E-state index is 12.2. The molecule has 0 spiro atoms. The zero-order chi connectivity index (χ0) is 23.3. The van der Waals surface area contributed by atoms with E-state index in [4.69, 9.17) is 14.0 Å². The SMILES string of the molecule is CC(C)(C)OC(=O)N[C@@H]1CCN(c2nccc3ccc(B4OC(C)(C)C(C)(C)O4)cc23)C1. The summed E-state index contributed by atoms with van der Waals surface area (Å²) in [7, 11) is -0.419. The number of amides is 1. The van der Waals surface area contributed by atoms with Crippen LogP contribution in [0.1, 0.15) is 54.9 Å². The number of hydrogen-bond donors (Lipinski definition) is 1. The average Bonchev–Trinajstić information content (AvgIpc) is 3.20. The van der Waals surface area contributed by atoms with Crippen molar-refractivity contribution in [1.29, 1.82) is 0 Å². The van der Waals surface area contributed by atoms with Crippen LogP contribution in [0, 0.1) is 0 Å². The summed E-state index contributed by atoms with van der Waals surface area (Å²) in [6.45, 7) is 15.3. The number of fused-ring (bicyclic) bond motifs is 1. The van der Waals surface area contributed by atoms with Gasteiger partial charge in [0, 0.05) is 24.7 Å². The van der Waals surface area contributed by atoms with Crippen LogP contribution in [0.4, 0.5) is 10.6 Å².